The number of nitrogens with one attached hydrogen (secondary N) is 2. The number of carbonyl (C=O) groups is 2. The second-order valence-electron chi connectivity index (χ2n) is 6.13. The number of aryl methyl sites for hydroxylation is 2. The number of hydrogen-bond acceptors (Lipinski definition) is 4. The van der Waals surface area contributed by atoms with Gasteiger partial charge in [0.2, 0.25) is 0 Å². The Kier molecular flexibility index (Phi) is 6.99. The Morgan fingerprint density at radius 1 is 1.33 bits per heavy atom. The second kappa shape index (κ2) is 8.73. The lowest BCUT2D eigenvalue weighted by Gasteiger charge is -2.16. The maximum absolute atomic E-state index is 12.1. The fourth-order valence-corrected chi connectivity index (χ4v) is 2.12. The standard InChI is InChI=1S/C18H23N3O3/c1-11(2)7-16(18(23)24)21-17(22)14(9-19)10-20-15-8-12(3)5-6-13(15)4/h5-6,8,10-11,16,20H,7H2,1-4H3,(H,21,22)(H,23,24)/b14-10-. The predicted molar refractivity (Wildman–Crippen MR) is 92.3 cm³/mol. The molecule has 1 rings (SSSR count). The van der Waals surface area contributed by atoms with Crippen molar-refractivity contribution in [2.75, 3.05) is 5.32 Å². The Morgan fingerprint density at radius 3 is 2.54 bits per heavy atom. The molecule has 0 fully saturated rings. The van der Waals surface area contributed by atoms with Gasteiger partial charge in [-0.25, -0.2) is 4.79 Å². The highest BCUT2D eigenvalue weighted by Crippen LogP contribution is 2.16. The molecule has 0 bridgehead atoms. The molecule has 0 aromatic heterocycles. The molecule has 1 aromatic carbocycles. The first-order valence-corrected chi connectivity index (χ1v) is 7.72. The van der Waals surface area contributed by atoms with Crippen molar-refractivity contribution >= 4 is 17.6 Å². The fraction of sp³-hybridized carbons (Fsp3) is 0.389. The van der Waals surface area contributed by atoms with Gasteiger partial charge in [-0.2, -0.15) is 5.26 Å². The van der Waals surface area contributed by atoms with Crippen LogP contribution in [0.25, 0.3) is 0 Å². The zero-order valence-electron chi connectivity index (χ0n) is 14.4. The van der Waals surface area contributed by atoms with Gasteiger partial charge in [-0.15, -0.1) is 0 Å². The van der Waals surface area contributed by atoms with E-state index in [1.165, 1.54) is 6.20 Å². The highest BCUT2D eigenvalue weighted by atomic mass is 16.4. The summed E-state index contributed by atoms with van der Waals surface area (Å²) in [7, 11) is 0. The van der Waals surface area contributed by atoms with E-state index in [1.54, 1.807) is 6.07 Å². The Morgan fingerprint density at radius 2 is 2.00 bits per heavy atom. The number of amides is 1. The van der Waals surface area contributed by atoms with Crippen molar-refractivity contribution in [1.29, 1.82) is 5.26 Å². The first-order chi connectivity index (χ1) is 11.2. The number of benzene rings is 1. The molecule has 0 heterocycles. The molecule has 0 aliphatic rings. The van der Waals surface area contributed by atoms with E-state index in [0.717, 1.165) is 16.8 Å². The van der Waals surface area contributed by atoms with Gasteiger partial charge in [-0.05, 0) is 43.4 Å². The Bertz CT molecular complexity index is 687. The van der Waals surface area contributed by atoms with Gasteiger partial charge in [0.25, 0.3) is 5.91 Å². The van der Waals surface area contributed by atoms with Crippen LogP contribution in [0.4, 0.5) is 5.69 Å². The van der Waals surface area contributed by atoms with E-state index in [-0.39, 0.29) is 11.5 Å². The van der Waals surface area contributed by atoms with Crippen molar-refractivity contribution < 1.29 is 14.7 Å². The largest absolute Gasteiger partial charge is 0.480 e. The van der Waals surface area contributed by atoms with Gasteiger partial charge < -0.3 is 15.7 Å². The molecule has 0 spiro atoms. The number of anilines is 1. The molecule has 0 radical (unpaired) electrons. The lowest BCUT2D eigenvalue weighted by molar-refractivity contribution is -0.141. The van der Waals surface area contributed by atoms with Crippen LogP contribution in [0.2, 0.25) is 0 Å². The number of carbonyl (C=O) groups excluding carboxylic acids is 1. The van der Waals surface area contributed by atoms with Crippen LogP contribution < -0.4 is 10.6 Å². The van der Waals surface area contributed by atoms with E-state index in [1.807, 2.05) is 45.9 Å². The summed E-state index contributed by atoms with van der Waals surface area (Å²) in [5.41, 5.74) is 2.62. The molecule has 3 N–H and O–H groups in total. The SMILES string of the molecule is Cc1ccc(C)c(N/C=C(/C#N)C(=O)NC(CC(C)C)C(=O)O)c1. The average Bonchev–Trinajstić information content (AvgIpc) is 2.50. The molecule has 0 saturated heterocycles. The molecule has 0 saturated carbocycles. The van der Waals surface area contributed by atoms with Crippen molar-refractivity contribution in [1.82, 2.24) is 5.32 Å². The van der Waals surface area contributed by atoms with Crippen molar-refractivity contribution in [3.05, 3.63) is 41.1 Å². The van der Waals surface area contributed by atoms with Gasteiger partial charge in [0.1, 0.15) is 17.7 Å². The minimum absolute atomic E-state index is 0.106. The smallest absolute Gasteiger partial charge is 0.326 e. The summed E-state index contributed by atoms with van der Waals surface area (Å²) in [6.45, 7) is 7.58. The predicted octanol–water partition coefficient (Wildman–Crippen LogP) is 2.74. The highest BCUT2D eigenvalue weighted by Gasteiger charge is 2.22. The minimum atomic E-state index is -1.11. The third-order valence-corrected chi connectivity index (χ3v) is 3.44. The van der Waals surface area contributed by atoms with Crippen molar-refractivity contribution in [3.8, 4) is 6.07 Å². The van der Waals surface area contributed by atoms with Crippen molar-refractivity contribution in [2.24, 2.45) is 5.92 Å². The quantitative estimate of drug-likeness (QED) is 0.527. The van der Waals surface area contributed by atoms with Crippen LogP contribution in [0.1, 0.15) is 31.4 Å². The number of carboxylic acids is 1. The average molecular weight is 329 g/mol. The van der Waals surface area contributed by atoms with Crippen LogP contribution in [0.5, 0.6) is 0 Å². The molecule has 128 valence electrons. The van der Waals surface area contributed by atoms with Crippen LogP contribution in [0.15, 0.2) is 30.0 Å². The van der Waals surface area contributed by atoms with Crippen LogP contribution in [0, 0.1) is 31.1 Å². The molecule has 6 heteroatoms. The van der Waals surface area contributed by atoms with Crippen molar-refractivity contribution in [2.45, 2.75) is 40.2 Å². The summed E-state index contributed by atoms with van der Waals surface area (Å²) in [5, 5.41) is 23.7. The minimum Gasteiger partial charge on any atom is -0.480 e. The molecule has 24 heavy (non-hydrogen) atoms. The van der Waals surface area contributed by atoms with E-state index in [0.29, 0.717) is 6.42 Å². The van der Waals surface area contributed by atoms with Crippen LogP contribution in [-0.2, 0) is 9.59 Å². The normalized spacial score (nSPS) is 12.4. The van der Waals surface area contributed by atoms with Gasteiger partial charge in [0.15, 0.2) is 0 Å². The summed E-state index contributed by atoms with van der Waals surface area (Å²) in [5.74, 6) is -1.71. The molecule has 1 aromatic rings. The zero-order valence-corrected chi connectivity index (χ0v) is 14.4. The first kappa shape index (κ1) is 19.2. The molecule has 1 atom stereocenters. The summed E-state index contributed by atoms with van der Waals surface area (Å²) in [6.07, 6.45) is 1.59. The molecular weight excluding hydrogens is 306 g/mol. The maximum atomic E-state index is 12.1. The van der Waals surface area contributed by atoms with E-state index in [4.69, 9.17) is 10.4 Å². The van der Waals surface area contributed by atoms with Crippen LogP contribution in [-0.4, -0.2) is 23.0 Å². The molecule has 1 unspecified atom stereocenters. The molecule has 6 nitrogen and oxygen atoms in total. The monoisotopic (exact) mass is 329 g/mol. The van der Waals surface area contributed by atoms with E-state index < -0.39 is 17.9 Å². The lowest BCUT2D eigenvalue weighted by atomic mass is 10.0. The summed E-state index contributed by atoms with van der Waals surface area (Å²) in [6, 6.07) is 6.57. The topological polar surface area (TPSA) is 102 Å². The fourth-order valence-electron chi connectivity index (χ4n) is 2.12. The number of hydrogen-bond donors (Lipinski definition) is 3. The van der Waals surface area contributed by atoms with Gasteiger partial charge in [-0.3, -0.25) is 4.79 Å². The summed E-state index contributed by atoms with van der Waals surface area (Å²) in [4.78, 5) is 23.3. The molecule has 0 aliphatic carbocycles. The van der Waals surface area contributed by atoms with Crippen LogP contribution >= 0.6 is 0 Å². The second-order valence-corrected chi connectivity index (χ2v) is 6.13. The summed E-state index contributed by atoms with van der Waals surface area (Å²) >= 11 is 0. The van der Waals surface area contributed by atoms with Gasteiger partial charge in [0.05, 0.1) is 0 Å². The third kappa shape index (κ3) is 5.76. The number of nitrogens with zero attached hydrogens (tertiary/aromatic N) is 1. The van der Waals surface area contributed by atoms with E-state index in [2.05, 4.69) is 10.6 Å². The Hall–Kier alpha value is -2.81. The van der Waals surface area contributed by atoms with Crippen molar-refractivity contribution in [3.63, 3.8) is 0 Å². The first-order valence-electron chi connectivity index (χ1n) is 7.72. The van der Waals surface area contributed by atoms with E-state index >= 15 is 0 Å². The number of nitriles is 1. The number of rotatable bonds is 7. The van der Waals surface area contributed by atoms with Gasteiger partial charge in [0, 0.05) is 11.9 Å². The number of carboxylic acid groups (broad SMARTS) is 1. The maximum Gasteiger partial charge on any atom is 0.326 e. The number of aliphatic carboxylic acids is 1. The Labute approximate surface area is 142 Å². The van der Waals surface area contributed by atoms with Gasteiger partial charge in [-0.1, -0.05) is 26.0 Å². The lowest BCUT2D eigenvalue weighted by Crippen LogP contribution is -2.42. The van der Waals surface area contributed by atoms with Crippen LogP contribution in [0.3, 0.4) is 0 Å². The summed E-state index contributed by atoms with van der Waals surface area (Å²) < 4.78 is 0. The van der Waals surface area contributed by atoms with E-state index in [9.17, 15) is 9.59 Å². The Balaban J connectivity index is 2.87. The molecular formula is C18H23N3O3. The molecule has 1 amide bonds. The highest BCUT2D eigenvalue weighted by molar-refractivity contribution is 5.99. The molecule has 0 aliphatic heterocycles. The zero-order chi connectivity index (χ0) is 18.3. The van der Waals surface area contributed by atoms with Gasteiger partial charge >= 0.3 is 5.97 Å². The third-order valence-electron chi connectivity index (χ3n) is 3.44.